The van der Waals surface area contributed by atoms with Gasteiger partial charge in [0.15, 0.2) is 0 Å². The van der Waals surface area contributed by atoms with Crippen LogP contribution in [0.25, 0.3) is 0 Å². The third-order valence-corrected chi connectivity index (χ3v) is 3.64. The summed E-state index contributed by atoms with van der Waals surface area (Å²) in [4.78, 5) is 2.19. The summed E-state index contributed by atoms with van der Waals surface area (Å²) in [6, 6.07) is 14.4. The van der Waals surface area contributed by atoms with Crippen molar-refractivity contribution >= 4 is 23.0 Å². The first-order chi connectivity index (χ1) is 9.15. The molecule has 0 aliphatic heterocycles. The molecular weight excluding hydrogens is 256 g/mol. The maximum atomic E-state index is 6.31. The quantitative estimate of drug-likeness (QED) is 0.902. The van der Waals surface area contributed by atoms with Crippen molar-refractivity contribution in [2.24, 2.45) is 0 Å². The average Bonchev–Trinajstić information content (AvgIpc) is 2.41. The van der Waals surface area contributed by atoms with Crippen LogP contribution in [0.3, 0.4) is 0 Å². The minimum absolute atomic E-state index is 0.755. The molecule has 0 aromatic heterocycles. The van der Waals surface area contributed by atoms with E-state index in [-0.39, 0.29) is 0 Å². The predicted octanol–water partition coefficient (Wildman–Crippen LogP) is 4.14. The Labute approximate surface area is 120 Å². The molecule has 0 unspecified atom stereocenters. The van der Waals surface area contributed by atoms with E-state index in [4.69, 9.17) is 11.6 Å². The van der Waals surface area contributed by atoms with Crippen molar-refractivity contribution < 1.29 is 0 Å². The zero-order valence-corrected chi connectivity index (χ0v) is 12.3. The molecule has 0 aliphatic carbocycles. The Balaban J connectivity index is 2.47. The maximum absolute atomic E-state index is 6.31. The van der Waals surface area contributed by atoms with Gasteiger partial charge in [0, 0.05) is 35.6 Å². The molecule has 3 heteroatoms. The Morgan fingerprint density at radius 1 is 1.05 bits per heavy atom. The highest BCUT2D eigenvalue weighted by Crippen LogP contribution is 2.32. The van der Waals surface area contributed by atoms with Gasteiger partial charge in [-0.1, -0.05) is 35.9 Å². The highest BCUT2D eigenvalue weighted by atomic mass is 35.5. The number of nitrogens with zero attached hydrogens (tertiary/aromatic N) is 1. The molecule has 100 valence electrons. The fourth-order valence-corrected chi connectivity index (χ4v) is 2.52. The highest BCUT2D eigenvalue weighted by molar-refractivity contribution is 6.31. The molecule has 0 bridgehead atoms. The second-order valence-corrected chi connectivity index (χ2v) is 5.02. The predicted molar refractivity (Wildman–Crippen MR) is 83.5 cm³/mol. The van der Waals surface area contributed by atoms with Crippen LogP contribution in [-0.2, 0) is 6.54 Å². The summed E-state index contributed by atoms with van der Waals surface area (Å²) in [5.74, 6) is 0. The van der Waals surface area contributed by atoms with Crippen molar-refractivity contribution in [3.05, 3.63) is 58.6 Å². The van der Waals surface area contributed by atoms with Crippen molar-refractivity contribution in [2.45, 2.75) is 13.5 Å². The van der Waals surface area contributed by atoms with Gasteiger partial charge in [0.1, 0.15) is 0 Å². The van der Waals surface area contributed by atoms with Crippen molar-refractivity contribution in [1.29, 1.82) is 0 Å². The Hall–Kier alpha value is -1.51. The zero-order chi connectivity index (χ0) is 13.8. The van der Waals surface area contributed by atoms with E-state index in [0.29, 0.717) is 0 Å². The van der Waals surface area contributed by atoms with E-state index in [1.54, 1.807) is 0 Å². The number of nitrogens with one attached hydrogen (secondary N) is 1. The van der Waals surface area contributed by atoms with Crippen LogP contribution in [0.4, 0.5) is 11.4 Å². The minimum Gasteiger partial charge on any atom is -0.344 e. The van der Waals surface area contributed by atoms with Gasteiger partial charge in [-0.25, -0.2) is 0 Å². The number of aryl methyl sites for hydroxylation is 1. The monoisotopic (exact) mass is 274 g/mol. The summed E-state index contributed by atoms with van der Waals surface area (Å²) in [6.07, 6.45) is 0. The molecule has 0 atom stereocenters. The lowest BCUT2D eigenvalue weighted by Crippen LogP contribution is -2.16. The van der Waals surface area contributed by atoms with Gasteiger partial charge in [0.05, 0.1) is 0 Å². The van der Waals surface area contributed by atoms with Crippen LogP contribution in [0.1, 0.15) is 11.1 Å². The lowest BCUT2D eigenvalue weighted by molar-refractivity contribution is 0.816. The van der Waals surface area contributed by atoms with Crippen LogP contribution in [-0.4, -0.2) is 14.1 Å². The smallest absolute Gasteiger partial charge is 0.0471 e. The summed E-state index contributed by atoms with van der Waals surface area (Å²) in [6.45, 7) is 2.87. The topological polar surface area (TPSA) is 15.3 Å². The molecule has 0 saturated carbocycles. The molecule has 2 nitrogen and oxygen atoms in total. The fourth-order valence-electron chi connectivity index (χ4n) is 2.28. The van der Waals surface area contributed by atoms with Crippen LogP contribution < -0.4 is 10.2 Å². The summed E-state index contributed by atoms with van der Waals surface area (Å²) >= 11 is 6.31. The second-order valence-electron chi connectivity index (χ2n) is 4.61. The Morgan fingerprint density at radius 3 is 2.42 bits per heavy atom. The van der Waals surface area contributed by atoms with Gasteiger partial charge in [-0.3, -0.25) is 0 Å². The van der Waals surface area contributed by atoms with Gasteiger partial charge in [-0.15, -0.1) is 0 Å². The summed E-state index contributed by atoms with van der Waals surface area (Å²) in [5.41, 5.74) is 4.70. The summed E-state index contributed by atoms with van der Waals surface area (Å²) in [7, 11) is 4.01. The number of benzene rings is 2. The number of anilines is 2. The third-order valence-electron chi connectivity index (χ3n) is 3.29. The van der Waals surface area contributed by atoms with Gasteiger partial charge in [0.25, 0.3) is 0 Å². The molecule has 0 saturated heterocycles. The summed E-state index contributed by atoms with van der Waals surface area (Å²) in [5, 5.41) is 3.97. The molecule has 0 heterocycles. The first-order valence-electron chi connectivity index (χ1n) is 6.36. The third kappa shape index (κ3) is 2.91. The van der Waals surface area contributed by atoms with E-state index in [1.807, 2.05) is 19.2 Å². The van der Waals surface area contributed by atoms with E-state index in [2.05, 4.69) is 54.5 Å². The van der Waals surface area contributed by atoms with Gasteiger partial charge < -0.3 is 10.2 Å². The molecule has 0 fully saturated rings. The normalized spacial score (nSPS) is 10.5. The van der Waals surface area contributed by atoms with Crippen LogP contribution >= 0.6 is 11.6 Å². The van der Waals surface area contributed by atoms with E-state index < -0.39 is 0 Å². The molecule has 2 aromatic rings. The first kappa shape index (κ1) is 13.9. The van der Waals surface area contributed by atoms with Gasteiger partial charge in [-0.05, 0) is 37.7 Å². The zero-order valence-electron chi connectivity index (χ0n) is 11.6. The Kier molecular flexibility index (Phi) is 4.46. The molecule has 1 N–H and O–H groups in total. The summed E-state index contributed by atoms with van der Waals surface area (Å²) < 4.78 is 0. The molecule has 0 radical (unpaired) electrons. The van der Waals surface area contributed by atoms with E-state index in [1.165, 1.54) is 11.3 Å². The largest absolute Gasteiger partial charge is 0.344 e. The molecule has 0 aliphatic rings. The number of halogens is 1. The number of para-hydroxylation sites is 1. The molecule has 0 amide bonds. The van der Waals surface area contributed by atoms with Crippen LogP contribution in [0, 0.1) is 6.92 Å². The average molecular weight is 275 g/mol. The van der Waals surface area contributed by atoms with Gasteiger partial charge in [0.2, 0.25) is 0 Å². The second kappa shape index (κ2) is 6.09. The number of hydrogen-bond acceptors (Lipinski definition) is 2. The maximum Gasteiger partial charge on any atom is 0.0471 e. The van der Waals surface area contributed by atoms with Gasteiger partial charge in [-0.2, -0.15) is 0 Å². The molecule has 2 aromatic carbocycles. The Morgan fingerprint density at radius 2 is 1.74 bits per heavy atom. The lowest BCUT2D eigenvalue weighted by Gasteiger charge is -2.25. The highest BCUT2D eigenvalue weighted by Gasteiger charge is 2.12. The van der Waals surface area contributed by atoms with E-state index >= 15 is 0 Å². The van der Waals surface area contributed by atoms with Crippen LogP contribution in [0.2, 0.25) is 5.02 Å². The van der Waals surface area contributed by atoms with Crippen molar-refractivity contribution in [3.63, 3.8) is 0 Å². The van der Waals surface area contributed by atoms with Gasteiger partial charge >= 0.3 is 0 Å². The molecule has 19 heavy (non-hydrogen) atoms. The van der Waals surface area contributed by atoms with E-state index in [0.717, 1.165) is 22.8 Å². The van der Waals surface area contributed by atoms with Crippen LogP contribution in [0.15, 0.2) is 42.5 Å². The standard InChI is InChI=1S/C16H19ClN2/c1-12-7-4-5-9-15(12)19(3)16-10-6-8-14(17)13(16)11-18-2/h4-10,18H,11H2,1-3H3. The van der Waals surface area contributed by atoms with Crippen LogP contribution in [0.5, 0.6) is 0 Å². The fraction of sp³-hybridized carbons (Fsp3) is 0.250. The SMILES string of the molecule is CNCc1c(Cl)cccc1N(C)c1ccccc1C. The lowest BCUT2D eigenvalue weighted by atomic mass is 10.1. The Bertz CT molecular complexity index is 566. The van der Waals surface area contributed by atoms with Crippen molar-refractivity contribution in [3.8, 4) is 0 Å². The molecule has 2 rings (SSSR count). The van der Waals surface area contributed by atoms with Crippen molar-refractivity contribution in [1.82, 2.24) is 5.32 Å². The van der Waals surface area contributed by atoms with Crippen molar-refractivity contribution in [2.75, 3.05) is 19.0 Å². The minimum atomic E-state index is 0.755. The molecule has 0 spiro atoms. The van der Waals surface area contributed by atoms with E-state index in [9.17, 15) is 0 Å². The number of rotatable bonds is 4. The first-order valence-corrected chi connectivity index (χ1v) is 6.74. The molecular formula is C16H19ClN2. The number of hydrogen-bond donors (Lipinski definition) is 1.